The minimum atomic E-state index is -0.0787. The van der Waals surface area contributed by atoms with Gasteiger partial charge in [-0.15, -0.1) is 0 Å². The maximum Gasteiger partial charge on any atom is 0.0570 e. The molecule has 0 heterocycles. The molecule has 0 radical (unpaired) electrons. The molecular weight excluding hydrogens is 136 g/mol. The number of aliphatic hydroxyl groups excluding tert-OH is 1. The second kappa shape index (κ2) is 5.59. The molecule has 2 atom stereocenters. The van der Waals surface area contributed by atoms with E-state index >= 15 is 0 Å². The lowest BCUT2D eigenvalue weighted by Gasteiger charge is -2.24. The molecule has 1 N–H and O–H groups in total. The molecule has 0 saturated carbocycles. The van der Waals surface area contributed by atoms with Crippen molar-refractivity contribution in [3.8, 4) is 0 Å². The monoisotopic (exact) mass is 158 g/mol. The number of aliphatic hydroxyl groups is 1. The van der Waals surface area contributed by atoms with Crippen molar-refractivity contribution in [3.05, 3.63) is 0 Å². The van der Waals surface area contributed by atoms with Gasteiger partial charge in [0, 0.05) is 0 Å². The van der Waals surface area contributed by atoms with Crippen LogP contribution in [0, 0.1) is 11.8 Å². The topological polar surface area (TPSA) is 20.2 Å². The minimum Gasteiger partial charge on any atom is -0.393 e. The first kappa shape index (κ1) is 11.0. The highest BCUT2D eigenvalue weighted by molar-refractivity contribution is 4.69. The van der Waals surface area contributed by atoms with Gasteiger partial charge in [0.15, 0.2) is 0 Å². The fourth-order valence-electron chi connectivity index (χ4n) is 1.70. The molecule has 11 heavy (non-hydrogen) atoms. The average molecular weight is 158 g/mol. The second-order valence-corrected chi connectivity index (χ2v) is 3.67. The molecule has 0 aliphatic heterocycles. The molecule has 0 aromatic rings. The van der Waals surface area contributed by atoms with Gasteiger partial charge in [-0.2, -0.15) is 0 Å². The molecule has 0 aromatic carbocycles. The highest BCUT2D eigenvalue weighted by Gasteiger charge is 2.19. The molecule has 0 fully saturated rings. The Kier molecular flexibility index (Phi) is 5.57. The van der Waals surface area contributed by atoms with Crippen LogP contribution in [-0.2, 0) is 0 Å². The van der Waals surface area contributed by atoms with Crippen molar-refractivity contribution in [1.29, 1.82) is 0 Å². The van der Waals surface area contributed by atoms with Crippen LogP contribution in [0.25, 0.3) is 0 Å². The molecule has 0 spiro atoms. The molecule has 0 rings (SSSR count). The van der Waals surface area contributed by atoms with Crippen LogP contribution in [0.2, 0.25) is 0 Å². The van der Waals surface area contributed by atoms with E-state index in [1.807, 2.05) is 0 Å². The van der Waals surface area contributed by atoms with Crippen molar-refractivity contribution in [2.45, 2.75) is 53.1 Å². The van der Waals surface area contributed by atoms with E-state index in [-0.39, 0.29) is 6.10 Å². The van der Waals surface area contributed by atoms with Crippen LogP contribution in [0.1, 0.15) is 47.0 Å². The molecule has 68 valence electrons. The van der Waals surface area contributed by atoms with Crippen LogP contribution >= 0.6 is 0 Å². The summed E-state index contributed by atoms with van der Waals surface area (Å²) >= 11 is 0. The summed E-state index contributed by atoms with van der Waals surface area (Å²) in [7, 11) is 0. The lowest BCUT2D eigenvalue weighted by Crippen LogP contribution is -2.24. The largest absolute Gasteiger partial charge is 0.393 e. The Morgan fingerprint density at radius 3 is 2.00 bits per heavy atom. The molecular formula is C10H22O. The van der Waals surface area contributed by atoms with Gasteiger partial charge in [0.2, 0.25) is 0 Å². The van der Waals surface area contributed by atoms with Crippen molar-refractivity contribution in [1.82, 2.24) is 0 Å². The Morgan fingerprint density at radius 2 is 1.73 bits per heavy atom. The zero-order valence-electron chi connectivity index (χ0n) is 8.30. The average Bonchev–Trinajstić information content (AvgIpc) is 1.88. The first-order valence-corrected chi connectivity index (χ1v) is 4.81. The first-order chi connectivity index (χ1) is 5.13. The molecule has 1 heteroatoms. The lowest BCUT2D eigenvalue weighted by molar-refractivity contribution is 0.0708. The number of hydrogen-bond donors (Lipinski definition) is 1. The molecule has 0 bridgehead atoms. The van der Waals surface area contributed by atoms with Crippen LogP contribution in [0.15, 0.2) is 0 Å². The summed E-state index contributed by atoms with van der Waals surface area (Å²) in [6, 6.07) is 0. The fraction of sp³-hybridized carbons (Fsp3) is 1.00. The van der Waals surface area contributed by atoms with Gasteiger partial charge >= 0.3 is 0 Å². The van der Waals surface area contributed by atoms with E-state index in [2.05, 4.69) is 27.7 Å². The third-order valence-corrected chi connectivity index (χ3v) is 2.41. The van der Waals surface area contributed by atoms with Gasteiger partial charge in [0.25, 0.3) is 0 Å². The lowest BCUT2D eigenvalue weighted by atomic mass is 9.86. The Balaban J connectivity index is 3.81. The summed E-state index contributed by atoms with van der Waals surface area (Å²) in [5.41, 5.74) is 0. The second-order valence-electron chi connectivity index (χ2n) is 3.67. The molecule has 0 amide bonds. The van der Waals surface area contributed by atoms with Gasteiger partial charge in [-0.3, -0.25) is 0 Å². The smallest absolute Gasteiger partial charge is 0.0570 e. The molecule has 0 unspecified atom stereocenters. The maximum absolute atomic E-state index is 9.68. The van der Waals surface area contributed by atoms with Crippen LogP contribution < -0.4 is 0 Å². The predicted molar refractivity (Wildman–Crippen MR) is 49.5 cm³/mol. The zero-order chi connectivity index (χ0) is 8.85. The maximum atomic E-state index is 9.68. The number of hydrogen-bond acceptors (Lipinski definition) is 1. The van der Waals surface area contributed by atoms with E-state index in [1.54, 1.807) is 0 Å². The molecule has 0 aromatic heterocycles. The molecule has 0 aliphatic rings. The first-order valence-electron chi connectivity index (χ1n) is 4.81. The van der Waals surface area contributed by atoms with Crippen LogP contribution in [0.4, 0.5) is 0 Å². The summed E-state index contributed by atoms with van der Waals surface area (Å²) in [6.45, 7) is 8.65. The SMILES string of the molecule is CCC[C@H](O)[C@@H](CC)C(C)C. The minimum absolute atomic E-state index is 0.0787. The highest BCUT2D eigenvalue weighted by atomic mass is 16.3. The molecule has 0 saturated heterocycles. The summed E-state index contributed by atoms with van der Waals surface area (Å²) < 4.78 is 0. The van der Waals surface area contributed by atoms with E-state index in [9.17, 15) is 5.11 Å². The Labute approximate surface area is 70.8 Å². The Bertz CT molecular complexity index is 88.9. The van der Waals surface area contributed by atoms with Crippen LogP contribution in [-0.4, -0.2) is 11.2 Å². The van der Waals surface area contributed by atoms with E-state index < -0.39 is 0 Å². The molecule has 0 aliphatic carbocycles. The summed E-state index contributed by atoms with van der Waals surface area (Å²) in [4.78, 5) is 0. The third kappa shape index (κ3) is 3.76. The van der Waals surface area contributed by atoms with E-state index in [0.29, 0.717) is 11.8 Å². The van der Waals surface area contributed by atoms with Gasteiger partial charge in [0.1, 0.15) is 0 Å². The normalized spacial score (nSPS) is 16.9. The van der Waals surface area contributed by atoms with Crippen molar-refractivity contribution in [2.75, 3.05) is 0 Å². The van der Waals surface area contributed by atoms with Crippen LogP contribution in [0.3, 0.4) is 0 Å². The summed E-state index contributed by atoms with van der Waals surface area (Å²) in [6.07, 6.45) is 3.06. The summed E-state index contributed by atoms with van der Waals surface area (Å²) in [5, 5.41) is 9.68. The Morgan fingerprint density at radius 1 is 1.18 bits per heavy atom. The zero-order valence-corrected chi connectivity index (χ0v) is 8.30. The van der Waals surface area contributed by atoms with Crippen molar-refractivity contribution < 1.29 is 5.11 Å². The van der Waals surface area contributed by atoms with Gasteiger partial charge in [-0.05, 0) is 18.3 Å². The highest BCUT2D eigenvalue weighted by Crippen LogP contribution is 2.21. The van der Waals surface area contributed by atoms with Crippen LogP contribution in [0.5, 0.6) is 0 Å². The van der Waals surface area contributed by atoms with Crippen molar-refractivity contribution >= 4 is 0 Å². The van der Waals surface area contributed by atoms with Gasteiger partial charge in [-0.25, -0.2) is 0 Å². The van der Waals surface area contributed by atoms with Gasteiger partial charge in [0.05, 0.1) is 6.10 Å². The van der Waals surface area contributed by atoms with Crippen molar-refractivity contribution in [2.24, 2.45) is 11.8 Å². The third-order valence-electron chi connectivity index (χ3n) is 2.41. The van der Waals surface area contributed by atoms with E-state index in [0.717, 1.165) is 19.3 Å². The standard InChI is InChI=1S/C10H22O/c1-5-7-10(11)9(6-2)8(3)4/h8-11H,5-7H2,1-4H3/t9-,10-/m0/s1. The van der Waals surface area contributed by atoms with Crippen molar-refractivity contribution in [3.63, 3.8) is 0 Å². The predicted octanol–water partition coefficient (Wildman–Crippen LogP) is 2.83. The summed E-state index contributed by atoms with van der Waals surface area (Å²) in [5.74, 6) is 1.11. The van der Waals surface area contributed by atoms with E-state index in [1.165, 1.54) is 0 Å². The number of rotatable bonds is 5. The van der Waals surface area contributed by atoms with Gasteiger partial charge < -0.3 is 5.11 Å². The Hall–Kier alpha value is -0.0400. The van der Waals surface area contributed by atoms with E-state index in [4.69, 9.17) is 0 Å². The molecule has 1 nitrogen and oxygen atoms in total. The fourth-order valence-corrected chi connectivity index (χ4v) is 1.70. The van der Waals surface area contributed by atoms with Gasteiger partial charge in [-0.1, -0.05) is 40.5 Å². The quantitative estimate of drug-likeness (QED) is 0.652.